The summed E-state index contributed by atoms with van der Waals surface area (Å²) in [5.74, 6) is -0.000226. The third-order valence-electron chi connectivity index (χ3n) is 2.93. The molecule has 2 N–H and O–H groups in total. The van der Waals surface area contributed by atoms with E-state index in [1.54, 1.807) is 0 Å². The Morgan fingerprint density at radius 1 is 1.35 bits per heavy atom. The smallest absolute Gasteiger partial charge is 0.239 e. The minimum atomic E-state index is -0.000226. The van der Waals surface area contributed by atoms with Crippen LogP contribution in [0.5, 0.6) is 0 Å². The number of halogens is 1. The Morgan fingerprint density at radius 2 is 2.10 bits per heavy atom. The fourth-order valence-corrected chi connectivity index (χ4v) is 2.28. The van der Waals surface area contributed by atoms with Crippen molar-refractivity contribution in [3.05, 3.63) is 28.8 Å². The van der Waals surface area contributed by atoms with Crippen LogP contribution in [0.2, 0.25) is 5.02 Å². The van der Waals surface area contributed by atoms with Crippen molar-refractivity contribution in [2.45, 2.75) is 26.8 Å². The first kappa shape index (κ1) is 16.8. The third kappa shape index (κ3) is 5.39. The van der Waals surface area contributed by atoms with Crippen molar-refractivity contribution in [1.29, 1.82) is 0 Å². The second-order valence-corrected chi connectivity index (χ2v) is 5.18. The summed E-state index contributed by atoms with van der Waals surface area (Å²) in [5.41, 5.74) is 2.02. The number of nitrogens with one attached hydrogen (secondary N) is 2. The average Bonchev–Trinajstić information content (AvgIpc) is 2.39. The van der Waals surface area contributed by atoms with E-state index in [2.05, 4.69) is 17.6 Å². The van der Waals surface area contributed by atoms with Crippen LogP contribution in [0.4, 0.5) is 5.69 Å². The number of rotatable bonds is 8. The Hall–Kier alpha value is -1.26. The molecule has 0 aliphatic rings. The molecule has 0 bridgehead atoms. The van der Waals surface area contributed by atoms with Crippen LogP contribution in [0.15, 0.2) is 18.2 Å². The molecule has 5 heteroatoms. The maximum atomic E-state index is 11.6. The summed E-state index contributed by atoms with van der Waals surface area (Å²) in [6.45, 7) is 6.80. The van der Waals surface area contributed by atoms with Gasteiger partial charge in [-0.15, -0.1) is 0 Å². The molecule has 0 saturated heterocycles. The normalized spacial score (nSPS) is 10.4. The van der Waals surface area contributed by atoms with Gasteiger partial charge in [-0.1, -0.05) is 24.6 Å². The van der Waals surface area contributed by atoms with E-state index < -0.39 is 0 Å². The average molecular weight is 298 g/mol. The number of hydrogen-bond acceptors (Lipinski definition) is 3. The topological polar surface area (TPSA) is 44.4 Å². The summed E-state index contributed by atoms with van der Waals surface area (Å²) in [7, 11) is 1.87. The summed E-state index contributed by atoms with van der Waals surface area (Å²) in [4.78, 5) is 13.4. The van der Waals surface area contributed by atoms with Crippen molar-refractivity contribution >= 4 is 23.2 Å². The van der Waals surface area contributed by atoms with Gasteiger partial charge in [-0.3, -0.25) is 4.79 Å². The van der Waals surface area contributed by atoms with Gasteiger partial charge in [0.2, 0.25) is 5.91 Å². The van der Waals surface area contributed by atoms with E-state index in [4.69, 9.17) is 11.6 Å². The zero-order chi connectivity index (χ0) is 15.0. The quantitative estimate of drug-likeness (QED) is 0.724. The predicted octanol–water partition coefficient (Wildman–Crippen LogP) is 2.41. The van der Waals surface area contributed by atoms with Gasteiger partial charge >= 0.3 is 0 Å². The lowest BCUT2D eigenvalue weighted by Gasteiger charge is -2.20. The van der Waals surface area contributed by atoms with Crippen LogP contribution in [-0.2, 0) is 11.3 Å². The maximum absolute atomic E-state index is 11.6. The van der Waals surface area contributed by atoms with Crippen LogP contribution in [0, 0.1) is 0 Å². The van der Waals surface area contributed by atoms with E-state index >= 15 is 0 Å². The number of anilines is 1. The Bertz CT molecular complexity index is 437. The van der Waals surface area contributed by atoms with Gasteiger partial charge in [-0.2, -0.15) is 0 Å². The van der Waals surface area contributed by atoms with Gasteiger partial charge in [0.1, 0.15) is 0 Å². The Morgan fingerprint density at radius 3 is 2.70 bits per heavy atom. The molecule has 0 aliphatic heterocycles. The molecule has 4 nitrogen and oxygen atoms in total. The van der Waals surface area contributed by atoms with Gasteiger partial charge in [0.25, 0.3) is 0 Å². The fourth-order valence-electron chi connectivity index (χ4n) is 1.93. The molecule has 1 aromatic carbocycles. The van der Waals surface area contributed by atoms with Crippen LogP contribution in [-0.4, -0.2) is 32.6 Å². The van der Waals surface area contributed by atoms with Crippen LogP contribution in [0.25, 0.3) is 0 Å². The van der Waals surface area contributed by atoms with Crippen molar-refractivity contribution < 1.29 is 4.79 Å². The van der Waals surface area contributed by atoms with Gasteiger partial charge < -0.3 is 15.5 Å². The number of hydrogen-bond donors (Lipinski definition) is 2. The third-order valence-corrected chi connectivity index (χ3v) is 3.24. The van der Waals surface area contributed by atoms with Crippen LogP contribution >= 0.6 is 11.6 Å². The molecule has 0 atom stereocenters. The molecule has 0 aliphatic carbocycles. The lowest BCUT2D eigenvalue weighted by atomic mass is 10.2. The van der Waals surface area contributed by atoms with Crippen LogP contribution < -0.4 is 15.5 Å². The monoisotopic (exact) mass is 297 g/mol. The van der Waals surface area contributed by atoms with Crippen LogP contribution in [0.3, 0.4) is 0 Å². The summed E-state index contributed by atoms with van der Waals surface area (Å²) in [6, 6.07) is 5.95. The number of nitrogens with zero attached hydrogens (tertiary/aromatic N) is 1. The predicted molar refractivity (Wildman–Crippen MR) is 85.4 cm³/mol. The summed E-state index contributed by atoms with van der Waals surface area (Å²) < 4.78 is 0. The van der Waals surface area contributed by atoms with E-state index in [1.807, 2.05) is 37.1 Å². The summed E-state index contributed by atoms with van der Waals surface area (Å²) in [6.07, 6.45) is 1.11. The van der Waals surface area contributed by atoms with E-state index in [9.17, 15) is 4.79 Å². The minimum Gasteiger partial charge on any atom is -0.364 e. The van der Waals surface area contributed by atoms with Crippen molar-refractivity contribution in [3.63, 3.8) is 0 Å². The number of likely N-dealkylation sites (N-methyl/N-ethyl adjacent to an activating group) is 2. The molecule has 0 radical (unpaired) electrons. The van der Waals surface area contributed by atoms with Crippen molar-refractivity contribution in [2.75, 3.05) is 31.6 Å². The first-order valence-corrected chi connectivity index (χ1v) is 7.43. The molecule has 0 unspecified atom stereocenters. The highest BCUT2D eigenvalue weighted by atomic mass is 35.5. The largest absolute Gasteiger partial charge is 0.364 e. The number of amides is 1. The number of carbonyl (C=O) groups excluding carboxylic acids is 1. The van der Waals surface area contributed by atoms with Gasteiger partial charge in [0.15, 0.2) is 0 Å². The Kier molecular flexibility index (Phi) is 7.41. The van der Waals surface area contributed by atoms with Gasteiger partial charge in [0, 0.05) is 20.1 Å². The van der Waals surface area contributed by atoms with E-state index in [0.29, 0.717) is 18.1 Å². The number of carbonyl (C=O) groups is 1. The second-order valence-electron chi connectivity index (χ2n) is 4.77. The van der Waals surface area contributed by atoms with E-state index in [-0.39, 0.29) is 5.91 Å². The first-order valence-electron chi connectivity index (χ1n) is 7.05. The zero-order valence-corrected chi connectivity index (χ0v) is 13.3. The van der Waals surface area contributed by atoms with E-state index in [0.717, 1.165) is 30.8 Å². The summed E-state index contributed by atoms with van der Waals surface area (Å²) in [5, 5.41) is 6.79. The SMILES string of the molecule is CCCNCc1ccc(N(C)CC(=O)NCC)c(Cl)c1. The molecule has 20 heavy (non-hydrogen) atoms. The second kappa shape index (κ2) is 8.82. The zero-order valence-electron chi connectivity index (χ0n) is 12.5. The highest BCUT2D eigenvalue weighted by Gasteiger charge is 2.10. The molecule has 0 saturated carbocycles. The lowest BCUT2D eigenvalue weighted by Crippen LogP contribution is -2.35. The molecule has 1 amide bonds. The molecule has 0 aromatic heterocycles. The van der Waals surface area contributed by atoms with Gasteiger partial charge in [-0.25, -0.2) is 0 Å². The van der Waals surface area contributed by atoms with Crippen molar-refractivity contribution in [3.8, 4) is 0 Å². The fraction of sp³-hybridized carbons (Fsp3) is 0.533. The molecule has 0 fully saturated rings. The number of benzene rings is 1. The van der Waals surface area contributed by atoms with Crippen molar-refractivity contribution in [1.82, 2.24) is 10.6 Å². The highest BCUT2D eigenvalue weighted by Crippen LogP contribution is 2.25. The van der Waals surface area contributed by atoms with Crippen molar-refractivity contribution in [2.24, 2.45) is 0 Å². The molecule has 1 aromatic rings. The van der Waals surface area contributed by atoms with E-state index in [1.165, 1.54) is 0 Å². The minimum absolute atomic E-state index is 0.000226. The molecule has 112 valence electrons. The van der Waals surface area contributed by atoms with Crippen LogP contribution in [0.1, 0.15) is 25.8 Å². The summed E-state index contributed by atoms with van der Waals surface area (Å²) >= 11 is 6.30. The molecule has 0 heterocycles. The standard InChI is InChI=1S/C15H24ClN3O/c1-4-8-17-10-12-6-7-14(13(16)9-12)19(3)11-15(20)18-5-2/h6-7,9,17H,4-5,8,10-11H2,1-3H3,(H,18,20). The molecular weight excluding hydrogens is 274 g/mol. The Balaban J connectivity index is 2.64. The maximum Gasteiger partial charge on any atom is 0.239 e. The molecular formula is C15H24ClN3O. The Labute approximate surface area is 126 Å². The molecule has 0 spiro atoms. The van der Waals surface area contributed by atoms with Gasteiger partial charge in [-0.05, 0) is 37.6 Å². The van der Waals surface area contributed by atoms with Gasteiger partial charge in [0.05, 0.1) is 17.3 Å². The first-order chi connectivity index (χ1) is 9.58. The molecule has 1 rings (SSSR count). The lowest BCUT2D eigenvalue weighted by molar-refractivity contribution is -0.119. The highest BCUT2D eigenvalue weighted by molar-refractivity contribution is 6.33.